The number of nitrogens with zero attached hydrogens (tertiary/aromatic N) is 2. The van der Waals surface area contributed by atoms with Gasteiger partial charge >= 0.3 is 0 Å². The fourth-order valence-corrected chi connectivity index (χ4v) is 5.19. The molecule has 0 bridgehead atoms. The molecule has 0 aliphatic carbocycles. The Bertz CT molecular complexity index is 930. The summed E-state index contributed by atoms with van der Waals surface area (Å²) in [6.07, 6.45) is 3.77. The molecule has 1 aliphatic rings. The molecule has 0 spiro atoms. The number of sulfonamides is 1. The molecule has 2 aromatic carbocycles. The van der Waals surface area contributed by atoms with Crippen LogP contribution < -0.4 is 0 Å². The Morgan fingerprint density at radius 1 is 1.07 bits per heavy atom. The first-order valence-corrected chi connectivity index (χ1v) is 11.6. The average molecular weight is 455 g/mol. The molecule has 29 heavy (non-hydrogen) atoms. The van der Waals surface area contributed by atoms with E-state index in [1.165, 1.54) is 16.4 Å². The van der Waals surface area contributed by atoms with E-state index in [1.807, 2.05) is 42.5 Å². The van der Waals surface area contributed by atoms with E-state index in [2.05, 4.69) is 4.90 Å². The van der Waals surface area contributed by atoms with Crippen LogP contribution in [0.15, 0.2) is 59.5 Å². The maximum Gasteiger partial charge on any atom is 0.244 e. The third kappa shape index (κ3) is 6.28. The highest BCUT2D eigenvalue weighted by Crippen LogP contribution is 2.27. The highest BCUT2D eigenvalue weighted by molar-refractivity contribution is 7.89. The van der Waals surface area contributed by atoms with Gasteiger partial charge in [-0.25, -0.2) is 8.42 Å². The van der Waals surface area contributed by atoms with E-state index >= 15 is 0 Å². The number of benzene rings is 2. The normalized spacial score (nSPS) is 16.0. The van der Waals surface area contributed by atoms with Crippen molar-refractivity contribution in [3.05, 3.63) is 70.2 Å². The second-order valence-electron chi connectivity index (χ2n) is 6.70. The molecule has 0 amide bonds. The van der Waals surface area contributed by atoms with Crippen molar-refractivity contribution in [2.45, 2.75) is 4.90 Å². The minimum Gasteiger partial charge on any atom is -0.379 e. The number of halogens is 2. The molecule has 1 saturated heterocycles. The monoisotopic (exact) mass is 454 g/mol. The van der Waals surface area contributed by atoms with Gasteiger partial charge in [0.25, 0.3) is 0 Å². The highest BCUT2D eigenvalue weighted by atomic mass is 35.5. The summed E-state index contributed by atoms with van der Waals surface area (Å²) in [5.41, 5.74) is 1.01. The van der Waals surface area contributed by atoms with Crippen molar-refractivity contribution in [3.63, 3.8) is 0 Å². The van der Waals surface area contributed by atoms with Gasteiger partial charge in [-0.05, 0) is 23.8 Å². The van der Waals surface area contributed by atoms with Crippen LogP contribution in [-0.4, -0.2) is 63.6 Å². The summed E-state index contributed by atoms with van der Waals surface area (Å²) >= 11 is 12.2. The molecule has 1 aliphatic heterocycles. The lowest BCUT2D eigenvalue weighted by molar-refractivity contribution is 0.0365. The Hall–Kier alpha value is -1.41. The predicted octanol–water partition coefficient (Wildman–Crippen LogP) is 4.03. The van der Waals surface area contributed by atoms with Crippen LogP contribution in [0, 0.1) is 0 Å². The molecule has 8 heteroatoms. The predicted molar refractivity (Wildman–Crippen MR) is 118 cm³/mol. The quantitative estimate of drug-likeness (QED) is 0.603. The number of morpholine rings is 1. The Morgan fingerprint density at radius 3 is 2.52 bits per heavy atom. The molecule has 0 saturated carbocycles. The highest BCUT2D eigenvalue weighted by Gasteiger charge is 2.27. The van der Waals surface area contributed by atoms with Crippen molar-refractivity contribution in [3.8, 4) is 0 Å². The topological polar surface area (TPSA) is 49.9 Å². The molecule has 0 radical (unpaired) electrons. The van der Waals surface area contributed by atoms with Crippen LogP contribution >= 0.6 is 23.2 Å². The molecule has 0 N–H and O–H groups in total. The molecule has 3 rings (SSSR count). The lowest BCUT2D eigenvalue weighted by atomic mass is 10.2. The van der Waals surface area contributed by atoms with Gasteiger partial charge in [-0.2, -0.15) is 4.31 Å². The summed E-state index contributed by atoms with van der Waals surface area (Å²) in [6.45, 7) is 4.15. The minimum absolute atomic E-state index is 0.0294. The van der Waals surface area contributed by atoms with E-state index in [0.717, 1.165) is 18.7 Å². The first kappa shape index (κ1) is 22.3. The largest absolute Gasteiger partial charge is 0.379 e. The van der Waals surface area contributed by atoms with Crippen LogP contribution in [0.25, 0.3) is 6.08 Å². The van der Waals surface area contributed by atoms with Crippen LogP contribution in [0.2, 0.25) is 10.0 Å². The SMILES string of the molecule is O=S(=O)(c1cc(Cl)ccc1Cl)N(C/C=C/c1ccccc1)CCN1CCOCC1. The summed E-state index contributed by atoms with van der Waals surface area (Å²) in [5, 5.41) is 0.499. The molecular weight excluding hydrogens is 431 g/mol. The van der Waals surface area contributed by atoms with Gasteiger partial charge in [-0.3, -0.25) is 4.90 Å². The van der Waals surface area contributed by atoms with Crippen LogP contribution in [0.5, 0.6) is 0 Å². The van der Waals surface area contributed by atoms with Gasteiger partial charge in [-0.15, -0.1) is 0 Å². The zero-order valence-corrected chi connectivity index (χ0v) is 18.3. The first-order valence-electron chi connectivity index (χ1n) is 9.44. The van der Waals surface area contributed by atoms with E-state index in [-0.39, 0.29) is 16.5 Å². The van der Waals surface area contributed by atoms with Gasteiger partial charge in [0, 0.05) is 37.7 Å². The van der Waals surface area contributed by atoms with E-state index < -0.39 is 10.0 Å². The fraction of sp³-hybridized carbons (Fsp3) is 0.333. The number of rotatable bonds is 8. The summed E-state index contributed by atoms with van der Waals surface area (Å²) in [4.78, 5) is 2.23. The van der Waals surface area contributed by atoms with E-state index in [0.29, 0.717) is 31.3 Å². The smallest absolute Gasteiger partial charge is 0.244 e. The van der Waals surface area contributed by atoms with E-state index in [1.54, 1.807) is 6.07 Å². The molecule has 1 fully saturated rings. The molecule has 0 aromatic heterocycles. The average Bonchev–Trinajstić information content (AvgIpc) is 2.73. The third-order valence-corrected chi connectivity index (χ3v) is 7.28. The molecular formula is C21H24Cl2N2O3S. The summed E-state index contributed by atoms with van der Waals surface area (Å²) in [5.74, 6) is 0. The molecule has 0 unspecified atom stereocenters. The minimum atomic E-state index is -3.80. The lowest BCUT2D eigenvalue weighted by Crippen LogP contribution is -2.43. The van der Waals surface area contributed by atoms with Gasteiger partial charge in [0.1, 0.15) is 4.90 Å². The van der Waals surface area contributed by atoms with E-state index in [9.17, 15) is 8.42 Å². The van der Waals surface area contributed by atoms with E-state index in [4.69, 9.17) is 27.9 Å². The van der Waals surface area contributed by atoms with Crippen molar-refractivity contribution in [2.75, 3.05) is 45.9 Å². The zero-order chi connectivity index (χ0) is 20.7. The van der Waals surface area contributed by atoms with Gasteiger partial charge in [0.15, 0.2) is 0 Å². The van der Waals surface area contributed by atoms with Gasteiger partial charge < -0.3 is 4.74 Å². The maximum atomic E-state index is 13.3. The van der Waals surface area contributed by atoms with Crippen LogP contribution in [0.4, 0.5) is 0 Å². The zero-order valence-electron chi connectivity index (χ0n) is 16.0. The third-order valence-electron chi connectivity index (χ3n) is 4.70. The summed E-state index contributed by atoms with van der Waals surface area (Å²) in [6, 6.07) is 14.3. The van der Waals surface area contributed by atoms with Gasteiger partial charge in [0.2, 0.25) is 10.0 Å². The standard InChI is InChI=1S/C21H24Cl2N2O3S/c22-19-8-9-20(23)21(17-19)29(26,27)25(12-11-24-13-15-28-16-14-24)10-4-7-18-5-2-1-3-6-18/h1-9,17H,10-16H2/b7-4+. The van der Waals surface area contributed by atoms with Crippen molar-refractivity contribution in [2.24, 2.45) is 0 Å². The number of hydrogen-bond acceptors (Lipinski definition) is 4. The number of hydrogen-bond donors (Lipinski definition) is 0. The second-order valence-corrected chi connectivity index (χ2v) is 9.45. The maximum absolute atomic E-state index is 13.3. The Labute approximate surface area is 182 Å². The molecule has 156 valence electrons. The summed E-state index contributed by atoms with van der Waals surface area (Å²) < 4.78 is 33.5. The van der Waals surface area contributed by atoms with Crippen LogP contribution in [0.3, 0.4) is 0 Å². The van der Waals surface area contributed by atoms with Gasteiger partial charge in [0.05, 0.1) is 18.2 Å². The lowest BCUT2D eigenvalue weighted by Gasteiger charge is -2.29. The van der Waals surface area contributed by atoms with Crippen molar-refractivity contribution < 1.29 is 13.2 Å². The summed E-state index contributed by atoms with van der Waals surface area (Å²) in [7, 11) is -3.80. The Kier molecular flexibility index (Phi) is 8.12. The Morgan fingerprint density at radius 2 is 1.79 bits per heavy atom. The van der Waals surface area contributed by atoms with Gasteiger partial charge in [-0.1, -0.05) is 65.7 Å². The molecule has 1 heterocycles. The Balaban J connectivity index is 1.80. The van der Waals surface area contributed by atoms with Crippen molar-refractivity contribution in [1.82, 2.24) is 9.21 Å². The van der Waals surface area contributed by atoms with Crippen LogP contribution in [-0.2, 0) is 14.8 Å². The number of ether oxygens (including phenoxy) is 1. The second kappa shape index (κ2) is 10.6. The van der Waals surface area contributed by atoms with Crippen LogP contribution in [0.1, 0.15) is 5.56 Å². The molecule has 5 nitrogen and oxygen atoms in total. The fourth-order valence-electron chi connectivity index (χ4n) is 3.07. The molecule has 2 aromatic rings. The first-order chi connectivity index (χ1) is 14.0. The molecule has 0 atom stereocenters. The van der Waals surface area contributed by atoms with Crippen molar-refractivity contribution in [1.29, 1.82) is 0 Å². The van der Waals surface area contributed by atoms with Crippen molar-refractivity contribution >= 4 is 39.3 Å².